The van der Waals surface area contributed by atoms with Gasteiger partial charge in [0.1, 0.15) is 5.75 Å². The number of fused-ring (bicyclic) bond motifs is 1. The molecule has 0 atom stereocenters. The van der Waals surface area contributed by atoms with Crippen molar-refractivity contribution in [2.24, 2.45) is 5.92 Å². The Morgan fingerprint density at radius 1 is 1.21 bits per heavy atom. The van der Waals surface area contributed by atoms with Crippen LogP contribution in [0, 0.1) is 24.2 Å². The van der Waals surface area contributed by atoms with Crippen molar-refractivity contribution in [2.45, 2.75) is 51.5 Å². The number of hydrogen-bond donors (Lipinski definition) is 2. The molecule has 7 heteroatoms. The first-order valence-electron chi connectivity index (χ1n) is 10.1. The molecule has 29 heavy (non-hydrogen) atoms. The second-order valence-corrected chi connectivity index (χ2v) is 8.02. The van der Waals surface area contributed by atoms with Crippen LogP contribution in [0.5, 0.6) is 5.75 Å². The summed E-state index contributed by atoms with van der Waals surface area (Å²) in [6.07, 6.45) is 5.03. The smallest absolute Gasteiger partial charge is 0.306 e. The van der Waals surface area contributed by atoms with Crippen molar-refractivity contribution >= 4 is 11.8 Å². The molecule has 150 valence electrons. The normalized spacial score (nSPS) is 21.3. The third-order valence-electron chi connectivity index (χ3n) is 6.15. The molecule has 4 rings (SSSR count). The van der Waals surface area contributed by atoms with Crippen LogP contribution in [-0.4, -0.2) is 39.0 Å². The number of aliphatic carboxylic acids is 1. The Morgan fingerprint density at radius 2 is 1.97 bits per heavy atom. The van der Waals surface area contributed by atoms with Gasteiger partial charge in [0, 0.05) is 18.2 Å². The van der Waals surface area contributed by atoms with Crippen molar-refractivity contribution in [3.8, 4) is 23.1 Å². The van der Waals surface area contributed by atoms with Crippen molar-refractivity contribution in [1.29, 1.82) is 5.26 Å². The molecule has 1 aromatic heterocycles. The zero-order valence-electron chi connectivity index (χ0n) is 16.4. The summed E-state index contributed by atoms with van der Waals surface area (Å²) in [5.41, 5.74) is 3.52. The van der Waals surface area contributed by atoms with E-state index in [1.165, 1.54) is 6.07 Å². The summed E-state index contributed by atoms with van der Waals surface area (Å²) in [5, 5.41) is 37.6. The van der Waals surface area contributed by atoms with Gasteiger partial charge in [-0.1, -0.05) is 0 Å². The number of carbonyl (C=O) groups is 1. The molecular weight excluding hydrogens is 368 g/mol. The number of phenolic OH excluding ortho intramolecular Hbond substituents is 1. The van der Waals surface area contributed by atoms with Gasteiger partial charge in [-0.25, -0.2) is 0 Å². The molecule has 1 aliphatic carbocycles. The van der Waals surface area contributed by atoms with Crippen molar-refractivity contribution in [3.05, 3.63) is 34.9 Å². The first-order chi connectivity index (χ1) is 14.0. The van der Waals surface area contributed by atoms with E-state index < -0.39 is 5.97 Å². The topological polar surface area (TPSA) is 110 Å². The van der Waals surface area contributed by atoms with Crippen LogP contribution in [0.4, 0.5) is 5.82 Å². The third kappa shape index (κ3) is 3.63. The molecule has 7 nitrogen and oxygen atoms in total. The van der Waals surface area contributed by atoms with Gasteiger partial charge in [0.2, 0.25) is 0 Å². The van der Waals surface area contributed by atoms with Gasteiger partial charge in [-0.05, 0) is 74.8 Å². The number of anilines is 1. The molecular formula is C22H24N4O3. The minimum atomic E-state index is -0.690. The van der Waals surface area contributed by atoms with Crippen LogP contribution < -0.4 is 4.90 Å². The summed E-state index contributed by atoms with van der Waals surface area (Å²) >= 11 is 0. The summed E-state index contributed by atoms with van der Waals surface area (Å²) in [5.74, 6) is -0.00385. The number of nitriles is 1. The minimum Gasteiger partial charge on any atom is -0.507 e. The number of hydrogen-bond acceptors (Lipinski definition) is 6. The zero-order chi connectivity index (χ0) is 20.5. The SMILES string of the molecule is Cc1cc(C#N)cc(O)c1-c1cc2c(nn1)N([C@H]1CC[C@@H](C(=O)O)CC1)CCC2. The highest BCUT2D eigenvalue weighted by Crippen LogP contribution is 2.37. The largest absolute Gasteiger partial charge is 0.507 e. The van der Waals surface area contributed by atoms with Gasteiger partial charge in [-0.3, -0.25) is 4.79 Å². The fraction of sp³-hybridized carbons (Fsp3) is 0.455. The van der Waals surface area contributed by atoms with Crippen molar-refractivity contribution in [3.63, 3.8) is 0 Å². The quantitative estimate of drug-likeness (QED) is 0.823. The van der Waals surface area contributed by atoms with Gasteiger partial charge in [-0.2, -0.15) is 5.26 Å². The molecule has 0 radical (unpaired) electrons. The molecule has 0 unspecified atom stereocenters. The molecule has 1 fully saturated rings. The summed E-state index contributed by atoms with van der Waals surface area (Å²) in [7, 11) is 0. The number of rotatable bonds is 3. The molecule has 0 amide bonds. The summed E-state index contributed by atoms with van der Waals surface area (Å²) in [4.78, 5) is 13.5. The van der Waals surface area contributed by atoms with Gasteiger partial charge in [-0.15, -0.1) is 10.2 Å². The predicted octanol–water partition coefficient (Wildman–Crippen LogP) is 3.43. The highest BCUT2D eigenvalue weighted by Gasteiger charge is 2.32. The average molecular weight is 392 g/mol. The molecule has 2 heterocycles. The maximum Gasteiger partial charge on any atom is 0.306 e. The fourth-order valence-electron chi connectivity index (χ4n) is 4.67. The Kier molecular flexibility index (Phi) is 5.10. The molecule has 1 aliphatic heterocycles. The lowest BCUT2D eigenvalue weighted by atomic mass is 9.84. The number of carboxylic acids is 1. The molecule has 2 aliphatic rings. The van der Waals surface area contributed by atoms with Crippen LogP contribution in [0.25, 0.3) is 11.3 Å². The second kappa shape index (κ2) is 7.70. The molecule has 2 aromatic rings. The van der Waals surface area contributed by atoms with Crippen LogP contribution in [0.1, 0.15) is 48.8 Å². The van der Waals surface area contributed by atoms with Gasteiger partial charge < -0.3 is 15.1 Å². The maximum atomic E-state index is 11.2. The number of aromatic nitrogens is 2. The molecule has 1 aromatic carbocycles. The van der Waals surface area contributed by atoms with E-state index in [1.54, 1.807) is 6.07 Å². The highest BCUT2D eigenvalue weighted by molar-refractivity contribution is 5.73. The minimum absolute atomic E-state index is 0.0375. The van der Waals surface area contributed by atoms with Crippen LogP contribution in [-0.2, 0) is 11.2 Å². The Labute approximate surface area is 169 Å². The standard InChI is InChI=1S/C22H24N4O3/c1-13-9-14(12-23)10-19(27)20(13)18-11-16-3-2-8-26(21(16)25-24-18)17-6-4-15(5-7-17)22(28)29/h9-11,15,17,27H,2-8H2,1H3,(H,28,29)/t15-,17+. The van der Waals surface area contributed by atoms with Gasteiger partial charge in [0.15, 0.2) is 5.82 Å². The Morgan fingerprint density at radius 3 is 2.62 bits per heavy atom. The second-order valence-electron chi connectivity index (χ2n) is 8.02. The number of carboxylic acid groups (broad SMARTS) is 1. The molecule has 1 saturated carbocycles. The molecule has 0 saturated heterocycles. The maximum absolute atomic E-state index is 11.2. The molecule has 2 N–H and O–H groups in total. The number of phenols is 1. The molecule has 0 bridgehead atoms. The number of benzene rings is 1. The van der Waals surface area contributed by atoms with E-state index in [4.69, 9.17) is 5.26 Å². The fourth-order valence-corrected chi connectivity index (χ4v) is 4.67. The summed E-state index contributed by atoms with van der Waals surface area (Å²) in [6, 6.07) is 7.54. The predicted molar refractivity (Wildman–Crippen MR) is 108 cm³/mol. The lowest BCUT2D eigenvalue weighted by Gasteiger charge is -2.39. The Bertz CT molecular complexity index is 967. The number of aryl methyl sites for hydroxylation is 2. The van der Waals surface area contributed by atoms with E-state index in [2.05, 4.69) is 15.1 Å². The van der Waals surface area contributed by atoms with E-state index in [9.17, 15) is 15.0 Å². The van der Waals surface area contributed by atoms with E-state index in [0.29, 0.717) is 35.7 Å². The molecule has 0 spiro atoms. The van der Waals surface area contributed by atoms with Crippen molar-refractivity contribution < 1.29 is 15.0 Å². The average Bonchev–Trinajstić information content (AvgIpc) is 2.72. The first kappa shape index (κ1) is 19.2. The zero-order valence-corrected chi connectivity index (χ0v) is 16.4. The Balaban J connectivity index is 1.62. The Hall–Kier alpha value is -3.14. The highest BCUT2D eigenvalue weighted by atomic mass is 16.4. The van der Waals surface area contributed by atoms with Gasteiger partial charge in [0.05, 0.1) is 23.2 Å². The first-order valence-corrected chi connectivity index (χ1v) is 10.1. The number of nitrogens with zero attached hydrogens (tertiary/aromatic N) is 4. The van der Waals surface area contributed by atoms with Crippen LogP contribution in [0.2, 0.25) is 0 Å². The van der Waals surface area contributed by atoms with E-state index in [0.717, 1.165) is 49.2 Å². The van der Waals surface area contributed by atoms with Crippen molar-refractivity contribution in [1.82, 2.24) is 10.2 Å². The summed E-state index contributed by atoms with van der Waals surface area (Å²) in [6.45, 7) is 2.76. The van der Waals surface area contributed by atoms with E-state index in [-0.39, 0.29) is 11.7 Å². The third-order valence-corrected chi connectivity index (χ3v) is 6.15. The van der Waals surface area contributed by atoms with E-state index in [1.807, 2.05) is 19.1 Å². The lowest BCUT2D eigenvalue weighted by molar-refractivity contribution is -0.142. The van der Waals surface area contributed by atoms with Crippen LogP contribution in [0.15, 0.2) is 18.2 Å². The van der Waals surface area contributed by atoms with Crippen LogP contribution in [0.3, 0.4) is 0 Å². The van der Waals surface area contributed by atoms with Gasteiger partial charge in [0.25, 0.3) is 0 Å². The van der Waals surface area contributed by atoms with Crippen molar-refractivity contribution in [2.75, 3.05) is 11.4 Å². The van der Waals surface area contributed by atoms with E-state index >= 15 is 0 Å². The lowest BCUT2D eigenvalue weighted by Crippen LogP contribution is -2.42. The number of aromatic hydroxyl groups is 1. The monoisotopic (exact) mass is 392 g/mol. The van der Waals surface area contributed by atoms with Crippen LogP contribution >= 0.6 is 0 Å². The van der Waals surface area contributed by atoms with Gasteiger partial charge >= 0.3 is 5.97 Å². The summed E-state index contributed by atoms with van der Waals surface area (Å²) < 4.78 is 0.